The number of carbonyl (C=O) groups is 1. The van der Waals surface area contributed by atoms with Crippen LogP contribution in [0.3, 0.4) is 0 Å². The number of amides is 1. The van der Waals surface area contributed by atoms with Crippen molar-refractivity contribution in [2.24, 2.45) is 0 Å². The Bertz CT molecular complexity index is 775. The van der Waals surface area contributed by atoms with E-state index in [0.717, 1.165) is 18.2 Å². The van der Waals surface area contributed by atoms with E-state index >= 15 is 0 Å². The molecule has 0 aliphatic rings. The molecule has 1 amide bonds. The fourth-order valence-electron chi connectivity index (χ4n) is 2.02. The fourth-order valence-corrected chi connectivity index (χ4v) is 2.74. The Morgan fingerprint density at radius 1 is 1.12 bits per heavy atom. The van der Waals surface area contributed by atoms with Crippen LogP contribution in [0.5, 0.6) is 0 Å². The topological polar surface area (TPSA) is 32.3 Å². The highest BCUT2D eigenvalue weighted by atomic mass is 127. The minimum absolute atomic E-state index is 0.0989. The van der Waals surface area contributed by atoms with E-state index in [2.05, 4.69) is 5.32 Å². The molecule has 0 aliphatic heterocycles. The molecule has 0 radical (unpaired) electrons. The van der Waals surface area contributed by atoms with E-state index in [1.807, 2.05) is 0 Å². The van der Waals surface area contributed by atoms with Crippen molar-refractivity contribution >= 4 is 39.9 Å². The zero-order valence-electron chi connectivity index (χ0n) is 12.7. The second-order valence-corrected chi connectivity index (χ2v) is 6.36. The first-order valence-corrected chi connectivity index (χ1v) is 7.82. The van der Waals surface area contributed by atoms with Gasteiger partial charge in [-0.3, -0.25) is 4.79 Å². The van der Waals surface area contributed by atoms with Gasteiger partial charge in [0.25, 0.3) is 5.91 Å². The Morgan fingerprint density at radius 3 is 2.33 bits per heavy atom. The molecule has 0 heterocycles. The number of nitrogens with one attached hydrogen (secondary N) is 1. The lowest BCUT2D eigenvalue weighted by molar-refractivity contribution is -0.136. The van der Waals surface area contributed by atoms with Gasteiger partial charge < -0.3 is 10.2 Å². The van der Waals surface area contributed by atoms with Crippen molar-refractivity contribution in [3.8, 4) is 0 Å². The summed E-state index contributed by atoms with van der Waals surface area (Å²) in [7, 11) is 3.24. The Balaban J connectivity index is 2.40. The first kappa shape index (κ1) is 18.5. The van der Waals surface area contributed by atoms with Gasteiger partial charge in [-0.05, 0) is 59.0 Å². The van der Waals surface area contributed by atoms with Crippen molar-refractivity contribution in [1.29, 1.82) is 0 Å². The van der Waals surface area contributed by atoms with Gasteiger partial charge in [-0.15, -0.1) is 0 Å². The van der Waals surface area contributed by atoms with Crippen LogP contribution in [0.2, 0.25) is 0 Å². The number of carbonyl (C=O) groups excluding carboxylic acids is 1. The van der Waals surface area contributed by atoms with Crippen LogP contribution in [-0.2, 0) is 6.18 Å². The highest BCUT2D eigenvalue weighted by Gasteiger charge is 2.34. The van der Waals surface area contributed by atoms with Gasteiger partial charge in [0.1, 0.15) is 5.82 Å². The van der Waals surface area contributed by atoms with Gasteiger partial charge in [-0.1, -0.05) is 0 Å². The number of hydrogen-bond acceptors (Lipinski definition) is 2. The zero-order chi connectivity index (χ0) is 18.1. The minimum atomic E-state index is -4.62. The van der Waals surface area contributed by atoms with Gasteiger partial charge in [0.2, 0.25) is 0 Å². The van der Waals surface area contributed by atoms with Gasteiger partial charge in [0.15, 0.2) is 0 Å². The fraction of sp³-hybridized carbons (Fsp3) is 0.188. The third-order valence-electron chi connectivity index (χ3n) is 3.25. The molecule has 0 saturated carbocycles. The Hall–Kier alpha value is -1.84. The molecule has 24 heavy (non-hydrogen) atoms. The average Bonchev–Trinajstić information content (AvgIpc) is 2.45. The Kier molecular flexibility index (Phi) is 5.36. The van der Waals surface area contributed by atoms with E-state index in [1.165, 1.54) is 23.1 Å². The van der Waals surface area contributed by atoms with Crippen molar-refractivity contribution in [3.63, 3.8) is 0 Å². The number of alkyl halides is 3. The molecule has 128 valence electrons. The number of rotatable bonds is 3. The largest absolute Gasteiger partial charge is 0.418 e. The molecule has 0 atom stereocenters. The van der Waals surface area contributed by atoms with E-state index in [-0.39, 0.29) is 11.3 Å². The van der Waals surface area contributed by atoms with E-state index in [0.29, 0.717) is 9.26 Å². The number of benzene rings is 2. The third kappa shape index (κ3) is 4.16. The molecule has 3 nitrogen and oxygen atoms in total. The van der Waals surface area contributed by atoms with Crippen molar-refractivity contribution in [3.05, 3.63) is 56.9 Å². The molecule has 0 aromatic heterocycles. The highest BCUT2D eigenvalue weighted by Crippen LogP contribution is 2.37. The molecule has 0 spiro atoms. The van der Waals surface area contributed by atoms with Crippen LogP contribution in [0.25, 0.3) is 0 Å². The maximum Gasteiger partial charge on any atom is 0.418 e. The van der Waals surface area contributed by atoms with Gasteiger partial charge >= 0.3 is 6.18 Å². The van der Waals surface area contributed by atoms with Gasteiger partial charge in [-0.25, -0.2) is 4.39 Å². The van der Waals surface area contributed by atoms with Crippen LogP contribution in [0.15, 0.2) is 36.4 Å². The summed E-state index contributed by atoms with van der Waals surface area (Å²) >= 11 is 1.75. The summed E-state index contributed by atoms with van der Waals surface area (Å²) in [6.07, 6.45) is -4.62. The normalized spacial score (nSPS) is 11.3. The van der Waals surface area contributed by atoms with Crippen molar-refractivity contribution in [2.75, 3.05) is 24.3 Å². The molecule has 0 unspecified atom stereocenters. The molecule has 2 aromatic carbocycles. The van der Waals surface area contributed by atoms with Crippen molar-refractivity contribution in [1.82, 2.24) is 0 Å². The molecule has 1 N–H and O–H groups in total. The zero-order valence-corrected chi connectivity index (χ0v) is 14.9. The predicted octanol–water partition coefficient (Wildman–Crippen LogP) is 4.77. The molecule has 2 rings (SSSR count). The smallest absolute Gasteiger partial charge is 0.378 e. The summed E-state index contributed by atoms with van der Waals surface area (Å²) in [5.41, 5.74) is -0.837. The minimum Gasteiger partial charge on any atom is -0.378 e. The van der Waals surface area contributed by atoms with Crippen LogP contribution in [0, 0.1) is 9.39 Å². The third-order valence-corrected chi connectivity index (χ3v) is 4.14. The monoisotopic (exact) mass is 452 g/mol. The SMILES string of the molecule is CN(C)c1ccc(NC(=O)c2ccc(F)cc2I)c(C(F)(F)F)c1. The van der Waals surface area contributed by atoms with Gasteiger partial charge in [0, 0.05) is 23.4 Å². The molecule has 8 heteroatoms. The van der Waals surface area contributed by atoms with E-state index in [4.69, 9.17) is 0 Å². The molecule has 0 aliphatic carbocycles. The maximum absolute atomic E-state index is 13.3. The summed E-state index contributed by atoms with van der Waals surface area (Å²) in [6.45, 7) is 0. The first-order chi connectivity index (χ1) is 11.1. The molecule has 0 fully saturated rings. The number of halogens is 5. The van der Waals surface area contributed by atoms with E-state index < -0.39 is 23.5 Å². The first-order valence-electron chi connectivity index (χ1n) is 6.74. The van der Waals surface area contributed by atoms with Crippen LogP contribution >= 0.6 is 22.6 Å². The average molecular weight is 452 g/mol. The van der Waals surface area contributed by atoms with E-state index in [9.17, 15) is 22.4 Å². The summed E-state index contributed by atoms with van der Waals surface area (Å²) in [5.74, 6) is -1.26. The standard InChI is InChI=1S/C16H13F4IN2O/c1-23(2)10-4-6-14(12(8-10)16(18,19)20)22-15(24)11-5-3-9(17)7-13(11)21/h3-8H,1-2H3,(H,22,24). The summed E-state index contributed by atoms with van der Waals surface area (Å²) in [6, 6.07) is 7.08. The molecular formula is C16H13F4IN2O. The van der Waals surface area contributed by atoms with Gasteiger partial charge in [0.05, 0.1) is 16.8 Å². The van der Waals surface area contributed by atoms with Crippen LogP contribution in [-0.4, -0.2) is 20.0 Å². The molecule has 2 aromatic rings. The van der Waals surface area contributed by atoms with Crippen molar-refractivity contribution < 1.29 is 22.4 Å². The summed E-state index contributed by atoms with van der Waals surface area (Å²) in [4.78, 5) is 13.8. The lowest BCUT2D eigenvalue weighted by Crippen LogP contribution is -2.19. The number of nitrogens with zero attached hydrogens (tertiary/aromatic N) is 1. The Morgan fingerprint density at radius 2 is 1.79 bits per heavy atom. The lowest BCUT2D eigenvalue weighted by atomic mass is 10.1. The second-order valence-electron chi connectivity index (χ2n) is 5.20. The quantitative estimate of drug-likeness (QED) is 0.538. The molecular weight excluding hydrogens is 439 g/mol. The Labute approximate surface area is 149 Å². The maximum atomic E-state index is 13.3. The summed E-state index contributed by atoms with van der Waals surface area (Å²) in [5, 5.41) is 2.26. The van der Waals surface area contributed by atoms with E-state index in [1.54, 1.807) is 36.7 Å². The van der Waals surface area contributed by atoms with Crippen LogP contribution in [0.4, 0.5) is 28.9 Å². The highest BCUT2D eigenvalue weighted by molar-refractivity contribution is 14.1. The predicted molar refractivity (Wildman–Crippen MR) is 92.8 cm³/mol. The van der Waals surface area contributed by atoms with Crippen LogP contribution in [0.1, 0.15) is 15.9 Å². The summed E-state index contributed by atoms with van der Waals surface area (Å²) < 4.78 is 53.2. The molecule has 0 saturated heterocycles. The van der Waals surface area contributed by atoms with Crippen molar-refractivity contribution in [2.45, 2.75) is 6.18 Å². The molecule has 0 bridgehead atoms. The number of anilines is 2. The van der Waals surface area contributed by atoms with Gasteiger partial charge in [-0.2, -0.15) is 13.2 Å². The van der Waals surface area contributed by atoms with Crippen LogP contribution < -0.4 is 10.2 Å². The number of hydrogen-bond donors (Lipinski definition) is 1. The lowest BCUT2D eigenvalue weighted by Gasteiger charge is -2.19. The second kappa shape index (κ2) is 6.96.